The average Bonchev–Trinajstić information content (AvgIpc) is 1.94. The Morgan fingerprint density at radius 3 is 2.64 bits per heavy atom. The molecule has 0 atom stereocenters. The summed E-state index contributed by atoms with van der Waals surface area (Å²) in [7, 11) is 0. The molecule has 3 nitrogen and oxygen atoms in total. The smallest absolute Gasteiger partial charge is 0.0549 e. The summed E-state index contributed by atoms with van der Waals surface area (Å²) in [4.78, 5) is 0. The Balaban J connectivity index is 3.17. The fourth-order valence-electron chi connectivity index (χ4n) is 0.803. The second-order valence-electron chi connectivity index (χ2n) is 2.16. The van der Waals surface area contributed by atoms with Gasteiger partial charge in [-0.15, -0.1) is 0 Å². The molecule has 1 N–H and O–H groups in total. The predicted octanol–water partition coefficient (Wildman–Crippen LogP) is 2.45. The molecule has 4 heteroatoms. The molecule has 1 aromatic carbocycles. The summed E-state index contributed by atoms with van der Waals surface area (Å²) in [6, 6.07) is 5.04. The molecule has 1 rings (SSSR count). The minimum Gasteiger partial charge on any atom is -0.733 e. The second kappa shape index (κ2) is 3.21. The number of benzene rings is 1. The molecule has 0 spiro atoms. The van der Waals surface area contributed by atoms with Crippen molar-refractivity contribution in [3.8, 4) is 0 Å². The van der Waals surface area contributed by atoms with Gasteiger partial charge < -0.3 is 10.4 Å². The van der Waals surface area contributed by atoms with Crippen molar-refractivity contribution in [2.24, 2.45) is 0 Å². The molecule has 60 valence electrons. The number of hydrogen-bond donors (Lipinski definition) is 1. The molecule has 0 saturated carbocycles. The first-order chi connectivity index (χ1) is 5.13. The van der Waals surface area contributed by atoms with Crippen molar-refractivity contribution >= 4 is 21.6 Å². The number of nitrogens with zero attached hydrogens (tertiary/aromatic N) is 1. The van der Waals surface area contributed by atoms with Crippen LogP contribution in [0.4, 0.5) is 5.69 Å². The number of anilines is 1. The molecule has 0 fully saturated rings. The van der Waals surface area contributed by atoms with E-state index in [-0.39, 0.29) is 10.9 Å². The van der Waals surface area contributed by atoms with Crippen LogP contribution in [0.15, 0.2) is 22.7 Å². The van der Waals surface area contributed by atoms with E-state index in [0.29, 0.717) is 0 Å². The Kier molecular flexibility index (Phi) is 2.49. The lowest BCUT2D eigenvalue weighted by Gasteiger charge is -2.23. The molecular weight excluding hydrogens is 210 g/mol. The Morgan fingerprint density at radius 1 is 1.55 bits per heavy atom. The quantitative estimate of drug-likeness (QED) is 0.735. The van der Waals surface area contributed by atoms with E-state index in [4.69, 9.17) is 5.21 Å². The molecule has 0 heterocycles. The first-order valence-corrected chi connectivity index (χ1v) is 3.83. The number of rotatable bonds is 1. The van der Waals surface area contributed by atoms with Gasteiger partial charge in [-0.3, -0.25) is 5.21 Å². The summed E-state index contributed by atoms with van der Waals surface area (Å²) in [6.45, 7) is 1.75. The normalized spacial score (nSPS) is 9.82. The third kappa shape index (κ3) is 1.71. The third-order valence-corrected chi connectivity index (χ3v) is 2.30. The molecule has 11 heavy (non-hydrogen) atoms. The highest BCUT2D eigenvalue weighted by Gasteiger charge is 2.00. The molecular formula is C7H7BrNO2-. The lowest BCUT2D eigenvalue weighted by atomic mass is 10.2. The van der Waals surface area contributed by atoms with Crippen LogP contribution >= 0.6 is 15.9 Å². The number of hydrogen-bond acceptors (Lipinski definition) is 3. The molecule has 0 radical (unpaired) electrons. The van der Waals surface area contributed by atoms with E-state index in [9.17, 15) is 5.21 Å². The van der Waals surface area contributed by atoms with E-state index >= 15 is 0 Å². The molecule has 0 aliphatic carbocycles. The fourth-order valence-corrected chi connectivity index (χ4v) is 1.16. The SMILES string of the molecule is Cc1c(Br)cccc1N([O-])O. The van der Waals surface area contributed by atoms with E-state index in [1.54, 1.807) is 19.1 Å². The van der Waals surface area contributed by atoms with Crippen LogP contribution < -0.4 is 5.23 Å². The molecule has 0 bridgehead atoms. The van der Waals surface area contributed by atoms with Crippen LogP contribution in [0.3, 0.4) is 0 Å². The van der Waals surface area contributed by atoms with Crippen LogP contribution in [-0.2, 0) is 0 Å². The molecule has 0 aliphatic rings. The largest absolute Gasteiger partial charge is 0.733 e. The third-order valence-electron chi connectivity index (χ3n) is 1.45. The van der Waals surface area contributed by atoms with Crippen molar-refractivity contribution in [3.05, 3.63) is 33.4 Å². The van der Waals surface area contributed by atoms with Gasteiger partial charge in [-0.25, -0.2) is 0 Å². The van der Waals surface area contributed by atoms with Gasteiger partial charge in [0.05, 0.1) is 5.69 Å². The lowest BCUT2D eigenvalue weighted by molar-refractivity contribution is 0.296. The highest BCUT2D eigenvalue weighted by atomic mass is 79.9. The van der Waals surface area contributed by atoms with Gasteiger partial charge in [0.25, 0.3) is 0 Å². The standard InChI is InChI=1S/C7H7BrNO2/c1-5-6(8)3-2-4-7(5)9(10)11/h2-4,10H,1H3/q-1. The predicted molar refractivity (Wildman–Crippen MR) is 46.5 cm³/mol. The van der Waals surface area contributed by atoms with Gasteiger partial charge in [-0.2, -0.15) is 0 Å². The van der Waals surface area contributed by atoms with Crippen LogP contribution in [-0.4, -0.2) is 5.21 Å². The molecule has 0 unspecified atom stereocenters. The van der Waals surface area contributed by atoms with Gasteiger partial charge in [0, 0.05) is 4.47 Å². The maximum atomic E-state index is 10.5. The monoisotopic (exact) mass is 216 g/mol. The maximum Gasteiger partial charge on any atom is 0.0549 e. The highest BCUT2D eigenvalue weighted by molar-refractivity contribution is 9.10. The van der Waals surface area contributed by atoms with Gasteiger partial charge in [0.15, 0.2) is 0 Å². The molecule has 0 aromatic heterocycles. The van der Waals surface area contributed by atoms with E-state index in [1.807, 2.05) is 6.07 Å². The minimum absolute atomic E-state index is 0.139. The molecule has 0 saturated heterocycles. The summed E-state index contributed by atoms with van der Waals surface area (Å²) in [6.07, 6.45) is 0. The summed E-state index contributed by atoms with van der Waals surface area (Å²) in [5.74, 6) is 0. The lowest BCUT2D eigenvalue weighted by Crippen LogP contribution is -2.08. The summed E-state index contributed by atoms with van der Waals surface area (Å²) in [5, 5.41) is 18.9. The molecule has 1 aromatic rings. The van der Waals surface area contributed by atoms with Crippen molar-refractivity contribution in [2.75, 3.05) is 5.23 Å². The first kappa shape index (κ1) is 8.52. The summed E-state index contributed by atoms with van der Waals surface area (Å²) < 4.78 is 0.810. The average molecular weight is 217 g/mol. The van der Waals surface area contributed by atoms with Crippen LogP contribution in [0.1, 0.15) is 5.56 Å². The van der Waals surface area contributed by atoms with Crippen LogP contribution in [0.2, 0.25) is 0 Å². The first-order valence-electron chi connectivity index (χ1n) is 3.04. The van der Waals surface area contributed by atoms with Crippen LogP contribution in [0, 0.1) is 12.1 Å². The molecule has 0 amide bonds. The minimum atomic E-state index is -0.139. The topological polar surface area (TPSA) is 46.5 Å². The van der Waals surface area contributed by atoms with Crippen molar-refractivity contribution in [2.45, 2.75) is 6.92 Å². The van der Waals surface area contributed by atoms with Gasteiger partial charge in [0.2, 0.25) is 0 Å². The number of halogens is 1. The fraction of sp³-hybridized carbons (Fsp3) is 0.143. The molecule has 0 aliphatic heterocycles. The van der Waals surface area contributed by atoms with E-state index in [0.717, 1.165) is 10.0 Å². The zero-order valence-corrected chi connectivity index (χ0v) is 7.50. The Labute approximate surface area is 72.9 Å². The maximum absolute atomic E-state index is 10.5. The van der Waals surface area contributed by atoms with E-state index in [1.165, 1.54) is 0 Å². The van der Waals surface area contributed by atoms with Crippen molar-refractivity contribution < 1.29 is 5.21 Å². The van der Waals surface area contributed by atoms with Crippen LogP contribution in [0.5, 0.6) is 0 Å². The van der Waals surface area contributed by atoms with Crippen molar-refractivity contribution in [1.82, 2.24) is 0 Å². The van der Waals surface area contributed by atoms with Gasteiger partial charge in [-0.1, -0.05) is 22.0 Å². The zero-order chi connectivity index (χ0) is 8.43. The highest BCUT2D eigenvalue weighted by Crippen LogP contribution is 2.25. The second-order valence-corrected chi connectivity index (χ2v) is 3.01. The summed E-state index contributed by atoms with van der Waals surface area (Å²) in [5.41, 5.74) is 0.990. The summed E-state index contributed by atoms with van der Waals surface area (Å²) >= 11 is 3.24. The van der Waals surface area contributed by atoms with E-state index < -0.39 is 0 Å². The Hall–Kier alpha value is -0.580. The van der Waals surface area contributed by atoms with Gasteiger partial charge in [0.1, 0.15) is 0 Å². The van der Waals surface area contributed by atoms with Crippen molar-refractivity contribution in [1.29, 1.82) is 0 Å². The Bertz CT molecular complexity index is 263. The Morgan fingerprint density at radius 2 is 2.18 bits per heavy atom. The van der Waals surface area contributed by atoms with E-state index in [2.05, 4.69) is 15.9 Å². The zero-order valence-electron chi connectivity index (χ0n) is 5.91. The van der Waals surface area contributed by atoms with Crippen molar-refractivity contribution in [3.63, 3.8) is 0 Å². The van der Waals surface area contributed by atoms with Crippen LogP contribution in [0.25, 0.3) is 0 Å². The van der Waals surface area contributed by atoms with Gasteiger partial charge >= 0.3 is 0 Å². The van der Waals surface area contributed by atoms with Gasteiger partial charge in [-0.05, 0) is 24.6 Å².